The van der Waals surface area contributed by atoms with Crippen LogP contribution in [0.4, 0.5) is 0 Å². The minimum absolute atomic E-state index is 0. The van der Waals surface area contributed by atoms with E-state index < -0.39 is 26.8 Å². The van der Waals surface area contributed by atoms with E-state index in [-0.39, 0.29) is 30.2 Å². The summed E-state index contributed by atoms with van der Waals surface area (Å²) in [5.41, 5.74) is 13.9. The van der Waals surface area contributed by atoms with Crippen LogP contribution in [0.5, 0.6) is 0 Å². The summed E-state index contributed by atoms with van der Waals surface area (Å²) in [5, 5.41) is 3.57. The summed E-state index contributed by atoms with van der Waals surface area (Å²) in [4.78, 5) is 0. The van der Waals surface area contributed by atoms with Crippen molar-refractivity contribution in [3.05, 3.63) is 107 Å². The first-order valence-electron chi connectivity index (χ1n) is 13.8. The third kappa shape index (κ3) is 4.16. The van der Waals surface area contributed by atoms with Crippen molar-refractivity contribution >= 4 is 25.6 Å². The number of hydrogen-bond donors (Lipinski definition) is 0. The van der Waals surface area contributed by atoms with Crippen LogP contribution in [0.2, 0.25) is 0 Å². The van der Waals surface area contributed by atoms with Gasteiger partial charge in [0, 0.05) is 0 Å². The van der Waals surface area contributed by atoms with Gasteiger partial charge in [-0.3, -0.25) is 0 Å². The molecule has 7 rings (SSSR count). The zero-order valence-corrected chi connectivity index (χ0v) is 28.7. The molecule has 39 heavy (non-hydrogen) atoms. The number of rotatable bonds is 3. The van der Waals surface area contributed by atoms with Gasteiger partial charge in [-0.1, -0.05) is 0 Å². The van der Waals surface area contributed by atoms with Crippen LogP contribution in [-0.4, -0.2) is 5.92 Å². The normalized spacial score (nSPS) is 17.9. The van der Waals surface area contributed by atoms with Crippen LogP contribution in [0.3, 0.4) is 0 Å². The van der Waals surface area contributed by atoms with Crippen LogP contribution in [0.15, 0.2) is 84.4 Å². The first-order chi connectivity index (χ1) is 17.8. The second kappa shape index (κ2) is 10.3. The predicted molar refractivity (Wildman–Crippen MR) is 159 cm³/mol. The number of allylic oxidation sites excluding steroid dienone is 1. The number of benzene rings is 4. The Morgan fingerprint density at radius 2 is 1.44 bits per heavy atom. The standard InChI is InChI=1S/C23H27.C12H8Si.2ClH.Zr/c1-15(2)18-9-7-8-10-19(18)22-20-14-16(3)13-17(20)11-12-21(22)23(4,5)6;1-3-7-11-9(5-1)10-6-2-4-8-12(10)13-11;;;/h7-15H,1-6H3;1-7,13H;2*1H;/q;;;;+2/p-2. The molecule has 2 unspecified atom stereocenters. The molecular formula is C35H35Cl2SiZr. The second-order valence-electron chi connectivity index (χ2n) is 12.5. The molecule has 0 spiro atoms. The van der Waals surface area contributed by atoms with Gasteiger partial charge in [-0.25, -0.2) is 0 Å². The molecule has 1 aliphatic carbocycles. The molecule has 0 radical (unpaired) electrons. The molecule has 0 aromatic heterocycles. The van der Waals surface area contributed by atoms with Crippen molar-refractivity contribution in [3.8, 4) is 22.3 Å². The maximum absolute atomic E-state index is 2.60. The van der Waals surface area contributed by atoms with E-state index in [0.717, 1.165) is 0 Å². The summed E-state index contributed by atoms with van der Waals surface area (Å²) in [7, 11) is 0. The molecule has 0 nitrogen and oxygen atoms in total. The smallest absolute Gasteiger partial charge is 1.00 e. The average molecular weight is 646 g/mol. The molecule has 4 aromatic carbocycles. The van der Waals surface area contributed by atoms with E-state index in [1.807, 2.05) is 8.46 Å². The Morgan fingerprint density at radius 1 is 0.769 bits per heavy atom. The monoisotopic (exact) mass is 643 g/mol. The van der Waals surface area contributed by atoms with Gasteiger partial charge >= 0.3 is 232 Å². The van der Waals surface area contributed by atoms with Crippen molar-refractivity contribution in [2.45, 2.75) is 56.5 Å². The average Bonchev–Trinajstić information content (AvgIpc) is 3.36. The Labute approximate surface area is 255 Å². The molecule has 0 saturated carbocycles. The summed E-state index contributed by atoms with van der Waals surface area (Å²) < 4.78 is 2.50. The van der Waals surface area contributed by atoms with E-state index in [4.69, 9.17) is 0 Å². The van der Waals surface area contributed by atoms with E-state index in [9.17, 15) is 0 Å². The van der Waals surface area contributed by atoms with Crippen LogP contribution in [0.1, 0.15) is 73.3 Å². The maximum Gasteiger partial charge on any atom is -1.00 e. The molecule has 3 aliphatic rings. The van der Waals surface area contributed by atoms with Crippen molar-refractivity contribution < 1.29 is 45.7 Å². The largest absolute Gasteiger partial charge is 1.00 e. The molecule has 0 bridgehead atoms. The van der Waals surface area contributed by atoms with Crippen molar-refractivity contribution in [2.75, 3.05) is 0 Å². The number of halogens is 2. The third-order valence-corrected chi connectivity index (χ3v) is 31.5. The minimum atomic E-state index is -1.94. The maximum atomic E-state index is 2.60. The van der Waals surface area contributed by atoms with E-state index in [0.29, 0.717) is 9.54 Å². The van der Waals surface area contributed by atoms with Crippen LogP contribution in [-0.2, 0) is 26.3 Å². The fourth-order valence-corrected chi connectivity index (χ4v) is 33.7. The first kappa shape index (κ1) is 28.8. The second-order valence-corrected chi connectivity index (χ2v) is 27.5. The Balaban J connectivity index is 0.00000154. The van der Waals surface area contributed by atoms with E-state index in [1.165, 1.54) is 27.8 Å². The van der Waals surface area contributed by atoms with Crippen molar-refractivity contribution in [2.24, 2.45) is 0 Å². The zero-order valence-electron chi connectivity index (χ0n) is 23.6. The summed E-state index contributed by atoms with van der Waals surface area (Å²) in [6.45, 7) is 14.3. The fraction of sp³-hybridized carbons (Fsp3) is 0.257. The van der Waals surface area contributed by atoms with Crippen LogP contribution in [0.25, 0.3) is 28.3 Å². The SMILES string of the molecule is CC1=Cc2c(ccc(C(C)(C)C)c2-c2ccccc2C(C)C)[CH]1[Zr+2]1[c]2cccc3c2[SiH]1c1ccccc1-3.[Cl-].[Cl-]. The molecule has 2 heterocycles. The molecule has 197 valence electrons. The molecule has 0 N–H and O–H groups in total. The van der Waals surface area contributed by atoms with E-state index >= 15 is 0 Å². The molecule has 0 fully saturated rings. The molecule has 2 atom stereocenters. The van der Waals surface area contributed by atoms with Gasteiger partial charge in [0.05, 0.1) is 0 Å². The molecular weight excluding hydrogens is 611 g/mol. The van der Waals surface area contributed by atoms with Gasteiger partial charge in [0.15, 0.2) is 0 Å². The third-order valence-electron chi connectivity index (χ3n) is 8.97. The Hall–Kier alpha value is -1.70. The topological polar surface area (TPSA) is 0 Å². The van der Waals surface area contributed by atoms with Gasteiger partial charge in [-0.15, -0.1) is 0 Å². The minimum Gasteiger partial charge on any atom is -1.00 e. The zero-order chi connectivity index (χ0) is 25.6. The first-order valence-corrected chi connectivity index (χ1v) is 22.4. The fourth-order valence-electron chi connectivity index (χ4n) is 7.39. The van der Waals surface area contributed by atoms with Crippen molar-refractivity contribution in [3.63, 3.8) is 0 Å². The van der Waals surface area contributed by atoms with Crippen LogP contribution < -0.4 is 38.5 Å². The van der Waals surface area contributed by atoms with E-state index in [2.05, 4.69) is 126 Å². The number of hydrogen-bond acceptors (Lipinski definition) is 0. The molecule has 4 aromatic rings. The van der Waals surface area contributed by atoms with Gasteiger partial charge in [-0.2, -0.15) is 0 Å². The van der Waals surface area contributed by atoms with Gasteiger partial charge < -0.3 is 24.8 Å². The van der Waals surface area contributed by atoms with Gasteiger partial charge in [-0.05, 0) is 0 Å². The molecule has 0 amide bonds. The Kier molecular flexibility index (Phi) is 7.60. The number of fused-ring (bicyclic) bond motifs is 4. The molecule has 4 heteroatoms. The van der Waals surface area contributed by atoms with Crippen LogP contribution >= 0.6 is 0 Å². The van der Waals surface area contributed by atoms with Crippen molar-refractivity contribution in [1.29, 1.82) is 0 Å². The summed E-state index contributed by atoms with van der Waals surface area (Å²) >= 11 is -1.94. The quantitative estimate of drug-likeness (QED) is 0.292. The van der Waals surface area contributed by atoms with Gasteiger partial charge in [0.1, 0.15) is 0 Å². The predicted octanol–water partition coefficient (Wildman–Crippen LogP) is 1.02. The Morgan fingerprint density at radius 3 is 2.15 bits per heavy atom. The Bertz CT molecular complexity index is 1630. The molecule has 0 saturated heterocycles. The summed E-state index contributed by atoms with van der Waals surface area (Å²) in [5.74, 6) is -0.554. The van der Waals surface area contributed by atoms with Gasteiger partial charge in [0.2, 0.25) is 0 Å². The summed E-state index contributed by atoms with van der Waals surface area (Å²) in [6, 6.07) is 30.9. The van der Waals surface area contributed by atoms with E-state index in [1.54, 1.807) is 27.5 Å². The van der Waals surface area contributed by atoms with Gasteiger partial charge in [0.25, 0.3) is 0 Å². The van der Waals surface area contributed by atoms with Crippen molar-refractivity contribution in [1.82, 2.24) is 0 Å². The van der Waals surface area contributed by atoms with Crippen LogP contribution in [0, 0.1) is 0 Å². The summed E-state index contributed by atoms with van der Waals surface area (Å²) in [6.07, 6.45) is 2.60. The molecule has 2 aliphatic heterocycles.